The van der Waals surface area contributed by atoms with Gasteiger partial charge in [0.05, 0.1) is 12.6 Å². The number of hydrogen-bond donors (Lipinski definition) is 2. The van der Waals surface area contributed by atoms with Crippen LogP contribution in [0, 0.1) is 6.92 Å². The summed E-state index contributed by atoms with van der Waals surface area (Å²) in [5, 5.41) is 17.3. The number of halogens is 1. The normalized spacial score (nSPS) is 12.6. The lowest BCUT2D eigenvalue weighted by Crippen LogP contribution is -2.26. The molecule has 2 rings (SSSR count). The van der Waals surface area contributed by atoms with Crippen LogP contribution in [-0.2, 0) is 6.54 Å². The highest BCUT2D eigenvalue weighted by atomic mass is 35.5. The van der Waals surface area contributed by atoms with Crippen LogP contribution in [0.2, 0.25) is 5.02 Å². The molecule has 0 radical (unpaired) electrons. The van der Waals surface area contributed by atoms with E-state index < -0.39 is 0 Å². The predicted octanol–water partition coefficient (Wildman–Crippen LogP) is 2.95. The van der Waals surface area contributed by atoms with Crippen molar-refractivity contribution in [2.45, 2.75) is 39.3 Å². The second-order valence-electron chi connectivity index (χ2n) is 5.05. The van der Waals surface area contributed by atoms with Gasteiger partial charge < -0.3 is 14.9 Å². The molecule has 21 heavy (non-hydrogen) atoms. The van der Waals surface area contributed by atoms with Crippen molar-refractivity contribution in [3.05, 3.63) is 34.7 Å². The first-order chi connectivity index (χ1) is 10.1. The maximum absolute atomic E-state index is 9.62. The summed E-state index contributed by atoms with van der Waals surface area (Å²) < 4.78 is 5.18. The van der Waals surface area contributed by atoms with E-state index in [0.717, 1.165) is 24.0 Å². The standard InChI is InChI=1S/C15H20ClN3O2/c1-3-4-12(20)8-17-9-14-18-15(19-21-14)11-6-5-10(2)13(16)7-11/h5-7,12,17,20H,3-4,8-9H2,1-2H3. The molecule has 1 unspecified atom stereocenters. The van der Waals surface area contributed by atoms with Crippen LogP contribution in [0.15, 0.2) is 22.7 Å². The van der Waals surface area contributed by atoms with Crippen molar-refractivity contribution in [1.29, 1.82) is 0 Å². The van der Waals surface area contributed by atoms with Crippen molar-refractivity contribution in [2.24, 2.45) is 0 Å². The highest BCUT2D eigenvalue weighted by Crippen LogP contribution is 2.23. The lowest BCUT2D eigenvalue weighted by atomic mass is 10.1. The van der Waals surface area contributed by atoms with E-state index >= 15 is 0 Å². The average molecular weight is 310 g/mol. The van der Waals surface area contributed by atoms with Gasteiger partial charge >= 0.3 is 0 Å². The van der Waals surface area contributed by atoms with Crippen molar-refractivity contribution in [1.82, 2.24) is 15.5 Å². The molecule has 2 aromatic rings. The third kappa shape index (κ3) is 4.52. The zero-order valence-electron chi connectivity index (χ0n) is 12.3. The molecule has 1 heterocycles. The molecule has 0 saturated heterocycles. The van der Waals surface area contributed by atoms with Gasteiger partial charge in [-0.25, -0.2) is 0 Å². The molecule has 1 atom stereocenters. The zero-order chi connectivity index (χ0) is 15.2. The van der Waals surface area contributed by atoms with Gasteiger partial charge in [0.15, 0.2) is 0 Å². The number of hydrogen-bond acceptors (Lipinski definition) is 5. The van der Waals surface area contributed by atoms with E-state index in [1.165, 1.54) is 0 Å². The van der Waals surface area contributed by atoms with Crippen molar-refractivity contribution < 1.29 is 9.63 Å². The monoisotopic (exact) mass is 309 g/mol. The molecular formula is C15H20ClN3O2. The Morgan fingerprint density at radius 1 is 1.43 bits per heavy atom. The van der Waals surface area contributed by atoms with Gasteiger partial charge in [-0.2, -0.15) is 4.98 Å². The summed E-state index contributed by atoms with van der Waals surface area (Å²) in [5.41, 5.74) is 1.84. The summed E-state index contributed by atoms with van der Waals surface area (Å²) in [4.78, 5) is 4.31. The molecule has 2 N–H and O–H groups in total. The molecule has 0 bridgehead atoms. The third-order valence-corrected chi connectivity index (χ3v) is 3.58. The molecule has 114 valence electrons. The molecule has 6 heteroatoms. The first-order valence-corrected chi connectivity index (χ1v) is 7.45. The highest BCUT2D eigenvalue weighted by molar-refractivity contribution is 6.31. The Bertz CT molecular complexity index is 586. The molecule has 0 fully saturated rings. The van der Waals surface area contributed by atoms with E-state index in [1.807, 2.05) is 32.0 Å². The van der Waals surface area contributed by atoms with Crippen molar-refractivity contribution in [3.8, 4) is 11.4 Å². The van der Waals surface area contributed by atoms with Gasteiger partial charge in [0.25, 0.3) is 0 Å². The van der Waals surface area contributed by atoms with Gasteiger partial charge in [-0.05, 0) is 25.0 Å². The zero-order valence-corrected chi connectivity index (χ0v) is 13.0. The van der Waals surface area contributed by atoms with E-state index in [2.05, 4.69) is 15.5 Å². The van der Waals surface area contributed by atoms with Crippen LogP contribution in [0.3, 0.4) is 0 Å². The maximum Gasteiger partial charge on any atom is 0.240 e. The number of nitrogens with one attached hydrogen (secondary N) is 1. The van der Waals surface area contributed by atoms with Gasteiger partial charge in [-0.3, -0.25) is 0 Å². The molecule has 0 aliphatic carbocycles. The van der Waals surface area contributed by atoms with Crippen molar-refractivity contribution in [3.63, 3.8) is 0 Å². The number of benzene rings is 1. The van der Waals surface area contributed by atoms with E-state index in [4.69, 9.17) is 16.1 Å². The second-order valence-corrected chi connectivity index (χ2v) is 5.46. The molecule has 1 aromatic carbocycles. The van der Waals surface area contributed by atoms with Gasteiger partial charge in [0.1, 0.15) is 0 Å². The van der Waals surface area contributed by atoms with Crippen LogP contribution in [0.25, 0.3) is 11.4 Å². The van der Waals surface area contributed by atoms with Gasteiger partial charge in [0.2, 0.25) is 11.7 Å². The number of nitrogens with zero attached hydrogens (tertiary/aromatic N) is 2. The Morgan fingerprint density at radius 2 is 2.24 bits per heavy atom. The number of aliphatic hydroxyl groups is 1. The Kier molecular flexibility index (Phi) is 5.73. The van der Waals surface area contributed by atoms with Crippen LogP contribution in [0.4, 0.5) is 0 Å². The van der Waals surface area contributed by atoms with Crippen LogP contribution >= 0.6 is 11.6 Å². The van der Waals surface area contributed by atoms with Crippen LogP contribution in [0.5, 0.6) is 0 Å². The lowest BCUT2D eigenvalue weighted by Gasteiger charge is -2.08. The molecular weight excluding hydrogens is 290 g/mol. The Balaban J connectivity index is 1.93. The molecule has 0 spiro atoms. The topological polar surface area (TPSA) is 71.2 Å². The Labute approximate surface area is 129 Å². The first-order valence-electron chi connectivity index (χ1n) is 7.08. The summed E-state index contributed by atoms with van der Waals surface area (Å²) in [6.07, 6.45) is 1.40. The summed E-state index contributed by atoms with van der Waals surface area (Å²) in [7, 11) is 0. The predicted molar refractivity (Wildman–Crippen MR) is 82.1 cm³/mol. The minimum Gasteiger partial charge on any atom is -0.392 e. The van der Waals surface area contributed by atoms with Crippen molar-refractivity contribution in [2.75, 3.05) is 6.54 Å². The van der Waals surface area contributed by atoms with Gasteiger partial charge in [-0.1, -0.05) is 42.2 Å². The summed E-state index contributed by atoms with van der Waals surface area (Å²) in [5.74, 6) is 1.01. The molecule has 0 aliphatic rings. The molecule has 0 aliphatic heterocycles. The minimum atomic E-state index is -0.340. The summed E-state index contributed by atoms with van der Waals surface area (Å²) in [6, 6.07) is 5.66. The second kappa shape index (κ2) is 7.54. The number of aliphatic hydroxyl groups excluding tert-OH is 1. The first kappa shape index (κ1) is 15.9. The van der Waals surface area contributed by atoms with E-state index in [-0.39, 0.29) is 6.10 Å². The highest BCUT2D eigenvalue weighted by Gasteiger charge is 2.10. The number of aryl methyl sites for hydroxylation is 1. The summed E-state index contributed by atoms with van der Waals surface area (Å²) >= 11 is 6.09. The SMILES string of the molecule is CCCC(O)CNCc1nc(-c2ccc(C)c(Cl)c2)no1. The fourth-order valence-corrected chi connectivity index (χ4v) is 2.14. The van der Waals surface area contributed by atoms with E-state index in [1.54, 1.807) is 0 Å². The van der Waals surface area contributed by atoms with Gasteiger partial charge in [-0.15, -0.1) is 0 Å². The van der Waals surface area contributed by atoms with E-state index in [0.29, 0.717) is 29.8 Å². The largest absolute Gasteiger partial charge is 0.392 e. The van der Waals surface area contributed by atoms with Crippen molar-refractivity contribution >= 4 is 11.6 Å². The Morgan fingerprint density at radius 3 is 2.95 bits per heavy atom. The number of rotatable bonds is 7. The van der Waals surface area contributed by atoms with Crippen LogP contribution in [-0.4, -0.2) is 27.9 Å². The van der Waals surface area contributed by atoms with Crippen LogP contribution in [0.1, 0.15) is 31.2 Å². The molecule has 5 nitrogen and oxygen atoms in total. The fourth-order valence-electron chi connectivity index (χ4n) is 1.96. The molecule has 0 amide bonds. The average Bonchev–Trinajstić information content (AvgIpc) is 2.91. The third-order valence-electron chi connectivity index (χ3n) is 3.18. The molecule has 1 aromatic heterocycles. The Hall–Kier alpha value is -1.43. The molecule has 0 saturated carbocycles. The smallest absolute Gasteiger partial charge is 0.240 e. The van der Waals surface area contributed by atoms with E-state index in [9.17, 15) is 5.11 Å². The quantitative estimate of drug-likeness (QED) is 0.823. The van der Waals surface area contributed by atoms with Crippen LogP contribution < -0.4 is 5.32 Å². The summed E-state index contributed by atoms with van der Waals surface area (Å²) in [6.45, 7) is 4.94. The number of aromatic nitrogens is 2. The van der Waals surface area contributed by atoms with Gasteiger partial charge in [0, 0.05) is 17.1 Å². The minimum absolute atomic E-state index is 0.340. The maximum atomic E-state index is 9.62. The fraction of sp³-hybridized carbons (Fsp3) is 0.467. The lowest BCUT2D eigenvalue weighted by molar-refractivity contribution is 0.159.